The fourth-order valence-corrected chi connectivity index (χ4v) is 1.52. The number of aliphatic hydroxyl groups excluding tert-OH is 2. The van der Waals surface area contributed by atoms with Crippen LogP contribution in [0.3, 0.4) is 0 Å². The minimum absolute atomic E-state index is 0.126. The first-order valence-electron chi connectivity index (χ1n) is 4.56. The van der Waals surface area contributed by atoms with Crippen LogP contribution >= 0.6 is 15.9 Å². The summed E-state index contributed by atoms with van der Waals surface area (Å²) in [5.41, 5.74) is 0.884. The lowest BCUT2D eigenvalue weighted by atomic mass is 10.2. The van der Waals surface area contributed by atoms with Crippen molar-refractivity contribution in [2.24, 2.45) is 0 Å². The number of nitrogens with one attached hydrogen (secondary N) is 1. The smallest absolute Gasteiger partial charge is 0.137 e. The minimum atomic E-state index is -0.339. The summed E-state index contributed by atoms with van der Waals surface area (Å²) >= 11 is 3.09. The van der Waals surface area contributed by atoms with Crippen molar-refractivity contribution in [3.63, 3.8) is 0 Å². The van der Waals surface area contributed by atoms with Crippen molar-refractivity contribution in [1.82, 2.24) is 5.32 Å². The van der Waals surface area contributed by atoms with Gasteiger partial charge in [-0.15, -0.1) is 0 Å². The molecule has 0 aliphatic rings. The van der Waals surface area contributed by atoms with E-state index in [2.05, 4.69) is 21.2 Å². The second-order valence-electron chi connectivity index (χ2n) is 3.19. The molecule has 1 aromatic rings. The first-order valence-corrected chi connectivity index (χ1v) is 5.35. The van der Waals surface area contributed by atoms with E-state index in [1.54, 1.807) is 12.1 Å². The van der Waals surface area contributed by atoms with Gasteiger partial charge in [-0.1, -0.05) is 6.07 Å². The summed E-state index contributed by atoms with van der Waals surface area (Å²) < 4.78 is 13.3. The molecule has 0 saturated heterocycles. The highest BCUT2D eigenvalue weighted by molar-refractivity contribution is 9.10. The highest BCUT2D eigenvalue weighted by atomic mass is 79.9. The fourth-order valence-electron chi connectivity index (χ4n) is 1.10. The lowest BCUT2D eigenvalue weighted by molar-refractivity contribution is 0.170. The van der Waals surface area contributed by atoms with Crippen LogP contribution in [0.5, 0.6) is 0 Å². The fraction of sp³-hybridized carbons (Fsp3) is 0.400. The predicted octanol–water partition coefficient (Wildman–Crippen LogP) is 1.03. The van der Waals surface area contributed by atoms with Crippen molar-refractivity contribution < 1.29 is 14.6 Å². The first kappa shape index (κ1) is 12.6. The summed E-state index contributed by atoms with van der Waals surface area (Å²) in [4.78, 5) is 0. The van der Waals surface area contributed by atoms with Gasteiger partial charge in [0.2, 0.25) is 0 Å². The predicted molar refractivity (Wildman–Crippen MR) is 58.9 cm³/mol. The Labute approximate surface area is 96.1 Å². The SMILES string of the molecule is OCC(CO)NCc1ccc(F)c(Br)c1. The molecule has 15 heavy (non-hydrogen) atoms. The Morgan fingerprint density at radius 2 is 2.00 bits per heavy atom. The molecule has 0 unspecified atom stereocenters. The molecule has 0 fully saturated rings. The van der Waals surface area contributed by atoms with E-state index in [-0.39, 0.29) is 25.1 Å². The lowest BCUT2D eigenvalue weighted by Crippen LogP contribution is -2.35. The molecule has 0 spiro atoms. The van der Waals surface area contributed by atoms with Gasteiger partial charge in [0.05, 0.1) is 23.7 Å². The van der Waals surface area contributed by atoms with Gasteiger partial charge in [-0.3, -0.25) is 0 Å². The number of benzene rings is 1. The van der Waals surface area contributed by atoms with Crippen molar-refractivity contribution >= 4 is 15.9 Å². The van der Waals surface area contributed by atoms with Gasteiger partial charge in [0.1, 0.15) is 5.82 Å². The maximum absolute atomic E-state index is 12.9. The van der Waals surface area contributed by atoms with E-state index < -0.39 is 0 Å². The van der Waals surface area contributed by atoms with Crippen molar-refractivity contribution in [2.45, 2.75) is 12.6 Å². The third-order valence-electron chi connectivity index (χ3n) is 2.02. The van der Waals surface area contributed by atoms with Crippen LogP contribution in [0.1, 0.15) is 5.56 Å². The number of hydrogen-bond acceptors (Lipinski definition) is 3. The van der Waals surface area contributed by atoms with Gasteiger partial charge < -0.3 is 15.5 Å². The Bertz CT molecular complexity index is 318. The van der Waals surface area contributed by atoms with Gasteiger partial charge in [-0.05, 0) is 33.6 Å². The molecule has 3 N–H and O–H groups in total. The highest BCUT2D eigenvalue weighted by Crippen LogP contribution is 2.16. The zero-order valence-electron chi connectivity index (χ0n) is 8.08. The van der Waals surface area contributed by atoms with Crippen LogP contribution < -0.4 is 5.32 Å². The van der Waals surface area contributed by atoms with Crippen LogP contribution in [-0.2, 0) is 6.54 Å². The first-order chi connectivity index (χ1) is 7.17. The number of rotatable bonds is 5. The molecule has 0 amide bonds. The molecular weight excluding hydrogens is 265 g/mol. The summed E-state index contributed by atoms with van der Waals surface area (Å²) in [6.45, 7) is 0.225. The Balaban J connectivity index is 2.54. The van der Waals surface area contributed by atoms with Gasteiger partial charge in [0, 0.05) is 6.54 Å². The zero-order chi connectivity index (χ0) is 11.3. The van der Waals surface area contributed by atoms with Gasteiger partial charge in [0.25, 0.3) is 0 Å². The molecule has 0 aliphatic heterocycles. The second-order valence-corrected chi connectivity index (χ2v) is 4.05. The minimum Gasteiger partial charge on any atom is -0.395 e. The zero-order valence-corrected chi connectivity index (χ0v) is 9.67. The molecular formula is C10H13BrFNO2. The topological polar surface area (TPSA) is 52.5 Å². The monoisotopic (exact) mass is 277 g/mol. The van der Waals surface area contributed by atoms with Crippen LogP contribution in [0.25, 0.3) is 0 Å². The molecule has 0 saturated carbocycles. The van der Waals surface area contributed by atoms with E-state index in [0.29, 0.717) is 11.0 Å². The van der Waals surface area contributed by atoms with E-state index in [4.69, 9.17) is 10.2 Å². The largest absolute Gasteiger partial charge is 0.395 e. The second kappa shape index (κ2) is 6.17. The van der Waals surface area contributed by atoms with Gasteiger partial charge >= 0.3 is 0 Å². The quantitative estimate of drug-likeness (QED) is 0.754. The Hall–Kier alpha value is -0.490. The van der Waals surface area contributed by atoms with E-state index in [1.165, 1.54) is 6.07 Å². The Morgan fingerprint density at radius 1 is 1.33 bits per heavy atom. The third kappa shape index (κ3) is 3.87. The molecule has 0 atom stereocenters. The molecule has 1 rings (SSSR count). The van der Waals surface area contributed by atoms with Crippen molar-refractivity contribution in [1.29, 1.82) is 0 Å². The number of halogens is 2. The van der Waals surface area contributed by atoms with Gasteiger partial charge in [-0.25, -0.2) is 4.39 Å². The van der Waals surface area contributed by atoms with E-state index in [0.717, 1.165) is 5.56 Å². The van der Waals surface area contributed by atoms with E-state index in [9.17, 15) is 4.39 Å². The molecule has 0 aliphatic carbocycles. The molecule has 0 heterocycles. The summed E-state index contributed by atoms with van der Waals surface area (Å²) in [6, 6.07) is 4.34. The lowest BCUT2D eigenvalue weighted by Gasteiger charge is -2.13. The molecule has 0 bridgehead atoms. The standard InChI is InChI=1S/C10H13BrFNO2/c11-9-3-7(1-2-10(9)12)4-13-8(5-14)6-15/h1-3,8,13-15H,4-6H2. The number of aliphatic hydroxyl groups is 2. The highest BCUT2D eigenvalue weighted by Gasteiger charge is 2.05. The maximum Gasteiger partial charge on any atom is 0.137 e. The van der Waals surface area contributed by atoms with Crippen LogP contribution in [0, 0.1) is 5.82 Å². The van der Waals surface area contributed by atoms with Crippen LogP contribution in [0.4, 0.5) is 4.39 Å². The number of hydrogen-bond donors (Lipinski definition) is 3. The third-order valence-corrected chi connectivity index (χ3v) is 2.63. The van der Waals surface area contributed by atoms with Crippen molar-refractivity contribution in [3.05, 3.63) is 34.1 Å². The Morgan fingerprint density at radius 3 is 2.53 bits per heavy atom. The summed E-state index contributed by atoms with van der Waals surface area (Å²) in [6.07, 6.45) is 0. The molecule has 0 aromatic heterocycles. The maximum atomic E-state index is 12.9. The van der Waals surface area contributed by atoms with Crippen molar-refractivity contribution in [2.75, 3.05) is 13.2 Å². The van der Waals surface area contributed by atoms with Crippen LogP contribution in [-0.4, -0.2) is 29.5 Å². The van der Waals surface area contributed by atoms with Gasteiger partial charge in [0.15, 0.2) is 0 Å². The van der Waals surface area contributed by atoms with Crippen LogP contribution in [0.2, 0.25) is 0 Å². The normalized spacial score (nSPS) is 11.0. The van der Waals surface area contributed by atoms with E-state index in [1.807, 2.05) is 0 Å². The molecule has 5 heteroatoms. The van der Waals surface area contributed by atoms with E-state index >= 15 is 0 Å². The summed E-state index contributed by atoms with van der Waals surface area (Å²) in [5.74, 6) is -0.306. The molecule has 84 valence electrons. The molecule has 0 radical (unpaired) electrons. The average Bonchev–Trinajstić information content (AvgIpc) is 2.24. The summed E-state index contributed by atoms with van der Waals surface area (Å²) in [5, 5.41) is 20.6. The average molecular weight is 278 g/mol. The molecule has 1 aromatic carbocycles. The summed E-state index contributed by atoms with van der Waals surface area (Å²) in [7, 11) is 0. The van der Waals surface area contributed by atoms with Gasteiger partial charge in [-0.2, -0.15) is 0 Å². The Kier molecular flexibility index (Phi) is 5.17. The van der Waals surface area contributed by atoms with Crippen LogP contribution in [0.15, 0.2) is 22.7 Å². The molecule has 3 nitrogen and oxygen atoms in total. The van der Waals surface area contributed by atoms with Crippen molar-refractivity contribution in [3.8, 4) is 0 Å².